The number of ether oxygens (including phenoxy) is 1. The molecular weight excluding hydrogens is 328 g/mol. The van der Waals surface area contributed by atoms with Gasteiger partial charge in [0.1, 0.15) is 17.3 Å². The molecule has 1 aliphatic heterocycles. The van der Waals surface area contributed by atoms with E-state index < -0.39 is 0 Å². The van der Waals surface area contributed by atoms with Crippen molar-refractivity contribution in [3.05, 3.63) is 81.4 Å². The molecule has 0 spiro atoms. The Bertz CT molecular complexity index is 923. The monoisotopic (exact) mass is 351 g/mol. The molecular formula is C22H23O4+. The molecule has 1 aromatic rings. The van der Waals surface area contributed by atoms with Crippen LogP contribution in [-0.4, -0.2) is 10.9 Å². The van der Waals surface area contributed by atoms with E-state index in [1.165, 1.54) is 0 Å². The van der Waals surface area contributed by atoms with Crippen molar-refractivity contribution >= 4 is 11.9 Å². The lowest BCUT2D eigenvalue weighted by Gasteiger charge is -2.20. The van der Waals surface area contributed by atoms with Gasteiger partial charge in [0.2, 0.25) is 5.78 Å². The predicted octanol–water partition coefficient (Wildman–Crippen LogP) is 5.36. The summed E-state index contributed by atoms with van der Waals surface area (Å²) in [4.78, 5) is 12.5. The number of carbonyl (C=O) groups excluding carboxylic acids is 1. The number of aryl methyl sites for hydroxylation is 2. The predicted molar refractivity (Wildman–Crippen MR) is 101 cm³/mol. The maximum absolute atomic E-state index is 12.5. The Hall–Kier alpha value is -2.88. The average molecular weight is 351 g/mol. The SMILES string of the molecule is CCC1=C/C(=C/C2=C(O)C(=Cc3cc(C)[o+]c(CC)c3)C2=O)C=C(C)O1. The second-order valence-corrected chi connectivity index (χ2v) is 6.44. The van der Waals surface area contributed by atoms with Crippen molar-refractivity contribution in [1.29, 1.82) is 0 Å². The van der Waals surface area contributed by atoms with Gasteiger partial charge >= 0.3 is 11.5 Å². The lowest BCUT2D eigenvalue weighted by Crippen LogP contribution is -2.21. The van der Waals surface area contributed by atoms with E-state index in [2.05, 4.69) is 0 Å². The van der Waals surface area contributed by atoms with Crippen LogP contribution in [0.25, 0.3) is 6.08 Å². The fourth-order valence-corrected chi connectivity index (χ4v) is 3.01. The Morgan fingerprint density at radius 1 is 1.12 bits per heavy atom. The highest BCUT2D eigenvalue weighted by Gasteiger charge is 2.32. The third-order valence-corrected chi connectivity index (χ3v) is 4.30. The fraction of sp³-hybridized carbons (Fsp3) is 0.273. The van der Waals surface area contributed by atoms with E-state index in [0.717, 1.165) is 47.0 Å². The molecule has 2 heterocycles. The second kappa shape index (κ2) is 7.16. The molecule has 0 fully saturated rings. The molecule has 134 valence electrons. The zero-order chi connectivity index (χ0) is 18.8. The van der Waals surface area contributed by atoms with Crippen molar-refractivity contribution in [3.63, 3.8) is 0 Å². The summed E-state index contributed by atoms with van der Waals surface area (Å²) in [6, 6.07) is 3.74. The maximum atomic E-state index is 12.5. The molecule has 3 rings (SSSR count). The summed E-state index contributed by atoms with van der Waals surface area (Å²) >= 11 is 0. The van der Waals surface area contributed by atoms with Crippen molar-refractivity contribution in [2.45, 2.75) is 40.5 Å². The number of rotatable bonds is 4. The maximum Gasteiger partial charge on any atom is 0.329 e. The summed E-state index contributed by atoms with van der Waals surface area (Å²) in [5.74, 6) is 3.10. The smallest absolute Gasteiger partial charge is 0.329 e. The van der Waals surface area contributed by atoms with E-state index in [1.54, 1.807) is 12.2 Å². The number of aliphatic hydroxyl groups is 1. The largest absolute Gasteiger partial charge is 0.506 e. The van der Waals surface area contributed by atoms with Crippen LogP contribution in [0, 0.1) is 6.92 Å². The van der Waals surface area contributed by atoms with Crippen LogP contribution < -0.4 is 0 Å². The minimum atomic E-state index is -0.157. The highest BCUT2D eigenvalue weighted by molar-refractivity contribution is 6.23. The molecule has 0 saturated carbocycles. The summed E-state index contributed by atoms with van der Waals surface area (Å²) in [5, 5.41) is 10.4. The van der Waals surface area contributed by atoms with Gasteiger partial charge in [-0.3, -0.25) is 4.79 Å². The summed E-state index contributed by atoms with van der Waals surface area (Å²) in [5.41, 5.74) is 2.36. The zero-order valence-corrected chi connectivity index (χ0v) is 15.6. The first-order valence-corrected chi connectivity index (χ1v) is 8.83. The van der Waals surface area contributed by atoms with E-state index in [1.807, 2.05) is 52.0 Å². The normalized spacial score (nSPS) is 20.1. The van der Waals surface area contributed by atoms with Gasteiger partial charge in [-0.05, 0) is 42.4 Å². The first kappa shape index (κ1) is 17.9. The molecule has 0 unspecified atom stereocenters. The van der Waals surface area contributed by atoms with Crippen LogP contribution in [0.2, 0.25) is 0 Å². The molecule has 0 amide bonds. The third-order valence-electron chi connectivity index (χ3n) is 4.30. The fourth-order valence-electron chi connectivity index (χ4n) is 3.01. The Morgan fingerprint density at radius 3 is 2.54 bits per heavy atom. The van der Waals surface area contributed by atoms with Crippen molar-refractivity contribution in [2.24, 2.45) is 0 Å². The highest BCUT2D eigenvalue weighted by Crippen LogP contribution is 2.33. The van der Waals surface area contributed by atoms with Crippen LogP contribution in [0.5, 0.6) is 0 Å². The quantitative estimate of drug-likeness (QED) is 0.586. The van der Waals surface area contributed by atoms with Crippen LogP contribution in [0.1, 0.15) is 44.3 Å². The first-order valence-electron chi connectivity index (χ1n) is 8.83. The Morgan fingerprint density at radius 2 is 1.88 bits per heavy atom. The Kier molecular flexibility index (Phi) is 4.94. The lowest BCUT2D eigenvalue weighted by molar-refractivity contribution is -0.113. The van der Waals surface area contributed by atoms with Crippen molar-refractivity contribution in [2.75, 3.05) is 0 Å². The third kappa shape index (κ3) is 3.54. The van der Waals surface area contributed by atoms with Crippen molar-refractivity contribution in [3.8, 4) is 0 Å². The molecule has 26 heavy (non-hydrogen) atoms. The number of aliphatic hydroxyl groups excluding tert-OH is 1. The standard InChI is InChI=1S/C22H22O4/c1-5-17-9-15(7-13(3)25-17)11-19-21(23)20(22(19)24)12-16-8-14(4)26-18(6-2)10-16/h7-12H,5-6H2,1-4H3/p+1. The van der Waals surface area contributed by atoms with E-state index in [9.17, 15) is 9.90 Å². The number of hydrogen-bond acceptors (Lipinski definition) is 3. The van der Waals surface area contributed by atoms with Crippen LogP contribution >= 0.6 is 0 Å². The van der Waals surface area contributed by atoms with E-state index >= 15 is 0 Å². The molecule has 1 aliphatic carbocycles. The molecule has 0 bridgehead atoms. The Labute approximate surface area is 153 Å². The minimum Gasteiger partial charge on any atom is -0.506 e. The van der Waals surface area contributed by atoms with E-state index in [4.69, 9.17) is 9.15 Å². The lowest BCUT2D eigenvalue weighted by atomic mass is 9.85. The topological polar surface area (TPSA) is 57.8 Å². The number of hydrogen-bond donors (Lipinski definition) is 1. The molecule has 0 atom stereocenters. The van der Waals surface area contributed by atoms with Crippen LogP contribution in [0.15, 0.2) is 68.8 Å². The average Bonchev–Trinajstić information content (AvgIpc) is 2.63. The summed E-state index contributed by atoms with van der Waals surface area (Å²) < 4.78 is 11.2. The summed E-state index contributed by atoms with van der Waals surface area (Å²) in [6.07, 6.45) is 8.69. The van der Waals surface area contributed by atoms with Gasteiger partial charge in [-0.25, -0.2) is 4.42 Å². The van der Waals surface area contributed by atoms with E-state index in [0.29, 0.717) is 11.1 Å². The second-order valence-electron chi connectivity index (χ2n) is 6.44. The van der Waals surface area contributed by atoms with Gasteiger partial charge in [0.05, 0.1) is 24.5 Å². The number of ketones is 1. The Balaban J connectivity index is 1.93. The van der Waals surface area contributed by atoms with Crippen LogP contribution in [-0.2, 0) is 16.0 Å². The molecule has 0 aromatic carbocycles. The van der Waals surface area contributed by atoms with Crippen molar-refractivity contribution in [1.82, 2.24) is 0 Å². The number of carbonyl (C=O) groups is 1. The van der Waals surface area contributed by atoms with Gasteiger partial charge in [-0.1, -0.05) is 13.8 Å². The number of allylic oxidation sites excluding steroid dienone is 8. The van der Waals surface area contributed by atoms with Gasteiger partial charge in [-0.15, -0.1) is 0 Å². The summed E-state index contributed by atoms with van der Waals surface area (Å²) in [6.45, 7) is 7.75. The molecule has 1 N–H and O–H groups in total. The molecule has 4 heteroatoms. The van der Waals surface area contributed by atoms with Gasteiger partial charge in [0, 0.05) is 18.6 Å². The van der Waals surface area contributed by atoms with Crippen LogP contribution in [0.3, 0.4) is 0 Å². The summed E-state index contributed by atoms with van der Waals surface area (Å²) in [7, 11) is 0. The van der Waals surface area contributed by atoms with Gasteiger partial charge < -0.3 is 9.84 Å². The first-order chi connectivity index (χ1) is 12.4. The van der Waals surface area contributed by atoms with Crippen LogP contribution in [0.4, 0.5) is 0 Å². The highest BCUT2D eigenvalue weighted by atomic mass is 16.5. The molecule has 2 aliphatic rings. The minimum absolute atomic E-state index is 0.0305. The molecule has 0 saturated heterocycles. The van der Waals surface area contributed by atoms with Crippen molar-refractivity contribution < 1.29 is 19.1 Å². The van der Waals surface area contributed by atoms with E-state index in [-0.39, 0.29) is 11.5 Å². The molecule has 4 nitrogen and oxygen atoms in total. The number of Topliss-reactive ketones (excluding diaryl/α,β-unsaturated/α-hetero) is 1. The molecule has 1 aromatic heterocycles. The zero-order valence-electron chi connectivity index (χ0n) is 15.6. The van der Waals surface area contributed by atoms with Gasteiger partial charge in [0.25, 0.3) is 0 Å². The van der Waals surface area contributed by atoms with Gasteiger partial charge in [0.15, 0.2) is 0 Å². The molecule has 0 radical (unpaired) electrons. The van der Waals surface area contributed by atoms with Gasteiger partial charge in [-0.2, -0.15) is 0 Å².